The second-order valence-corrected chi connectivity index (χ2v) is 6.14. The Morgan fingerprint density at radius 1 is 0.741 bits per heavy atom. The lowest BCUT2D eigenvalue weighted by molar-refractivity contribution is -0.152. The van der Waals surface area contributed by atoms with Crippen molar-refractivity contribution in [2.24, 2.45) is 11.8 Å². The summed E-state index contributed by atoms with van der Waals surface area (Å²) in [5.74, 6) is -5.73. The maximum atomic E-state index is 11.1. The monoisotopic (exact) mass is 374 g/mol. The summed E-state index contributed by atoms with van der Waals surface area (Å²) in [6.07, 6.45) is 1.73. The van der Waals surface area contributed by atoms with Crippen LogP contribution in [-0.2, 0) is 9.59 Å². The number of hydrogen-bond acceptors (Lipinski definition) is 4. The van der Waals surface area contributed by atoms with Gasteiger partial charge in [-0.3, -0.25) is 9.59 Å². The van der Waals surface area contributed by atoms with E-state index in [9.17, 15) is 19.2 Å². The number of fused-ring (bicyclic) bond motifs is 1. The molecular weight excluding hydrogens is 356 g/mol. The van der Waals surface area contributed by atoms with E-state index in [1.165, 1.54) is 6.07 Å². The van der Waals surface area contributed by atoms with Crippen molar-refractivity contribution in [3.8, 4) is 0 Å². The van der Waals surface area contributed by atoms with Gasteiger partial charge in [-0.05, 0) is 29.7 Å². The SMILES string of the molecule is O=C(O)C1CCCC1C(=O)O.O=C(O)c1ccc2ccccc2c1C(=O)O. The van der Waals surface area contributed by atoms with Crippen LogP contribution in [-0.4, -0.2) is 44.3 Å². The van der Waals surface area contributed by atoms with E-state index in [-0.39, 0.29) is 11.1 Å². The smallest absolute Gasteiger partial charge is 0.337 e. The highest BCUT2D eigenvalue weighted by Gasteiger charge is 2.37. The number of aromatic carboxylic acids is 2. The number of rotatable bonds is 4. The van der Waals surface area contributed by atoms with E-state index in [0.29, 0.717) is 30.0 Å². The van der Waals surface area contributed by atoms with E-state index in [4.69, 9.17) is 20.4 Å². The Bertz CT molecular complexity index is 882. The van der Waals surface area contributed by atoms with Crippen LogP contribution in [0.1, 0.15) is 40.0 Å². The van der Waals surface area contributed by atoms with Gasteiger partial charge in [0, 0.05) is 0 Å². The third-order valence-corrected chi connectivity index (χ3v) is 4.52. The number of carbonyl (C=O) groups is 4. The molecule has 8 heteroatoms. The highest BCUT2D eigenvalue weighted by atomic mass is 16.4. The Morgan fingerprint density at radius 2 is 1.30 bits per heavy atom. The Labute approximate surface area is 153 Å². The molecule has 1 fully saturated rings. The van der Waals surface area contributed by atoms with Gasteiger partial charge in [-0.1, -0.05) is 36.8 Å². The van der Waals surface area contributed by atoms with Crippen LogP contribution in [0.2, 0.25) is 0 Å². The molecule has 2 atom stereocenters. The van der Waals surface area contributed by atoms with Gasteiger partial charge in [-0.25, -0.2) is 9.59 Å². The molecule has 2 aromatic rings. The zero-order valence-corrected chi connectivity index (χ0v) is 14.2. The Balaban J connectivity index is 0.000000208. The first kappa shape index (κ1) is 19.9. The van der Waals surface area contributed by atoms with E-state index < -0.39 is 35.7 Å². The molecule has 2 aromatic carbocycles. The fraction of sp³-hybridized carbons (Fsp3) is 0.263. The molecule has 0 heterocycles. The zero-order chi connectivity index (χ0) is 20.1. The quantitative estimate of drug-likeness (QED) is 0.638. The zero-order valence-electron chi connectivity index (χ0n) is 14.2. The van der Waals surface area contributed by atoms with Crippen LogP contribution < -0.4 is 0 Å². The third kappa shape index (κ3) is 4.41. The molecule has 142 valence electrons. The number of aliphatic carboxylic acids is 2. The fourth-order valence-corrected chi connectivity index (χ4v) is 3.23. The van der Waals surface area contributed by atoms with E-state index in [1.807, 2.05) is 0 Å². The predicted molar refractivity (Wildman–Crippen MR) is 94.0 cm³/mol. The molecule has 4 N–H and O–H groups in total. The number of carboxylic acids is 4. The molecule has 0 aliphatic heterocycles. The summed E-state index contributed by atoms with van der Waals surface area (Å²) in [5.41, 5.74) is -0.350. The van der Waals surface area contributed by atoms with Gasteiger partial charge in [0.15, 0.2) is 0 Å². The van der Waals surface area contributed by atoms with Crippen LogP contribution in [0.5, 0.6) is 0 Å². The summed E-state index contributed by atoms with van der Waals surface area (Å²) in [4.78, 5) is 42.9. The standard InChI is InChI=1S/C12H8O4.C7H10O4/c13-11(14)9-6-5-7-3-1-2-4-8(7)10(9)12(15)16;8-6(9)4-2-1-3-5(4)7(10)11/h1-6H,(H,13,14)(H,15,16);4-5H,1-3H2,(H,8,9)(H,10,11). The van der Waals surface area contributed by atoms with Crippen molar-refractivity contribution in [3.05, 3.63) is 47.5 Å². The number of hydrogen-bond donors (Lipinski definition) is 4. The van der Waals surface area contributed by atoms with Crippen molar-refractivity contribution < 1.29 is 39.6 Å². The second-order valence-electron chi connectivity index (χ2n) is 6.14. The first-order chi connectivity index (χ1) is 12.7. The maximum Gasteiger partial charge on any atom is 0.337 e. The van der Waals surface area contributed by atoms with E-state index >= 15 is 0 Å². The normalized spacial score (nSPS) is 18.4. The molecule has 1 saturated carbocycles. The van der Waals surface area contributed by atoms with E-state index in [0.717, 1.165) is 0 Å². The van der Waals surface area contributed by atoms with Gasteiger partial charge >= 0.3 is 23.9 Å². The Morgan fingerprint density at radius 3 is 1.78 bits per heavy atom. The van der Waals surface area contributed by atoms with E-state index in [1.54, 1.807) is 30.3 Å². The van der Waals surface area contributed by atoms with Crippen LogP contribution in [0, 0.1) is 11.8 Å². The van der Waals surface area contributed by atoms with Crippen molar-refractivity contribution in [2.75, 3.05) is 0 Å². The Hall–Kier alpha value is -3.42. The van der Waals surface area contributed by atoms with Gasteiger partial charge in [0.2, 0.25) is 0 Å². The van der Waals surface area contributed by atoms with Crippen molar-refractivity contribution in [1.29, 1.82) is 0 Å². The summed E-state index contributed by atoms with van der Waals surface area (Å²) >= 11 is 0. The van der Waals surface area contributed by atoms with E-state index in [2.05, 4.69) is 0 Å². The lowest BCUT2D eigenvalue weighted by atomic mass is 9.97. The molecule has 0 radical (unpaired) electrons. The predicted octanol–water partition coefficient (Wildman–Crippen LogP) is 2.81. The van der Waals surface area contributed by atoms with Crippen molar-refractivity contribution in [3.63, 3.8) is 0 Å². The van der Waals surface area contributed by atoms with Gasteiger partial charge in [-0.15, -0.1) is 0 Å². The van der Waals surface area contributed by atoms with Crippen molar-refractivity contribution >= 4 is 34.6 Å². The van der Waals surface area contributed by atoms with Gasteiger partial charge in [-0.2, -0.15) is 0 Å². The van der Waals surface area contributed by atoms with Crippen LogP contribution in [0.4, 0.5) is 0 Å². The molecule has 2 unspecified atom stereocenters. The van der Waals surface area contributed by atoms with Gasteiger partial charge in [0.25, 0.3) is 0 Å². The van der Waals surface area contributed by atoms with Gasteiger partial charge < -0.3 is 20.4 Å². The lowest BCUT2D eigenvalue weighted by Crippen LogP contribution is -2.24. The minimum atomic E-state index is -1.23. The molecule has 0 amide bonds. The molecule has 0 saturated heterocycles. The first-order valence-corrected chi connectivity index (χ1v) is 8.18. The topological polar surface area (TPSA) is 149 Å². The molecule has 1 aliphatic carbocycles. The van der Waals surface area contributed by atoms with Gasteiger partial charge in [0.05, 0.1) is 23.0 Å². The summed E-state index contributed by atoms with van der Waals surface area (Å²) in [6.45, 7) is 0. The summed E-state index contributed by atoms with van der Waals surface area (Å²) < 4.78 is 0. The largest absolute Gasteiger partial charge is 0.481 e. The Kier molecular flexibility index (Phi) is 6.12. The van der Waals surface area contributed by atoms with Crippen molar-refractivity contribution in [2.45, 2.75) is 19.3 Å². The lowest BCUT2D eigenvalue weighted by Gasteiger charge is -2.09. The molecule has 1 aliphatic rings. The van der Waals surface area contributed by atoms with Crippen molar-refractivity contribution in [1.82, 2.24) is 0 Å². The minimum Gasteiger partial charge on any atom is -0.481 e. The molecule has 0 spiro atoms. The highest BCUT2D eigenvalue weighted by molar-refractivity contribution is 6.11. The summed E-state index contributed by atoms with van der Waals surface area (Å²) in [7, 11) is 0. The highest BCUT2D eigenvalue weighted by Crippen LogP contribution is 2.31. The number of benzene rings is 2. The molecule has 27 heavy (non-hydrogen) atoms. The summed E-state index contributed by atoms with van der Waals surface area (Å²) in [6, 6.07) is 9.72. The van der Waals surface area contributed by atoms with Crippen LogP contribution in [0.15, 0.2) is 36.4 Å². The van der Waals surface area contributed by atoms with Gasteiger partial charge in [0.1, 0.15) is 0 Å². The molecule has 3 rings (SSSR count). The minimum absolute atomic E-state index is 0.161. The van der Waals surface area contributed by atoms with Crippen LogP contribution >= 0.6 is 0 Å². The maximum absolute atomic E-state index is 11.1. The molecule has 8 nitrogen and oxygen atoms in total. The third-order valence-electron chi connectivity index (χ3n) is 4.52. The molecule has 0 aromatic heterocycles. The summed E-state index contributed by atoms with van der Waals surface area (Å²) in [5, 5.41) is 36.3. The fourth-order valence-electron chi connectivity index (χ4n) is 3.23. The molecular formula is C19H18O8. The number of carboxylic acid groups (broad SMARTS) is 4. The molecule has 0 bridgehead atoms. The second kappa shape index (κ2) is 8.31. The van der Waals surface area contributed by atoms with Crippen LogP contribution in [0.25, 0.3) is 10.8 Å². The average molecular weight is 374 g/mol. The van der Waals surface area contributed by atoms with Crippen LogP contribution in [0.3, 0.4) is 0 Å². The first-order valence-electron chi connectivity index (χ1n) is 8.18. The average Bonchev–Trinajstić information content (AvgIpc) is 3.11.